The maximum absolute atomic E-state index is 13.5. The molecule has 83 heavy (non-hydrogen) atoms. The molecule has 0 radical (unpaired) electrons. The molecule has 0 bridgehead atoms. The summed E-state index contributed by atoms with van der Waals surface area (Å²) in [6, 6.07) is 25.5. The van der Waals surface area contributed by atoms with Crippen LogP contribution in [0.5, 0.6) is 0 Å². The largest absolute Gasteiger partial charge is 0.481 e. The minimum atomic E-state index is -0.744. The number of anilines is 6. The number of hydrogen-bond acceptors (Lipinski definition) is 17. The number of likely N-dealkylation sites (tertiary alicyclic amines) is 1. The molecule has 6 fully saturated rings. The molecule has 2 N–H and O–H groups in total. The number of halogens is 2. The zero-order chi connectivity index (χ0) is 58.1. The summed E-state index contributed by atoms with van der Waals surface area (Å²) in [6.45, 7) is 18.1. The maximum atomic E-state index is 13.5. The van der Waals surface area contributed by atoms with Gasteiger partial charge in [0.05, 0.1) is 66.1 Å². The van der Waals surface area contributed by atoms with E-state index in [2.05, 4.69) is 84.0 Å². The predicted octanol–water partition coefficient (Wildman–Crippen LogP) is 8.64. The molecule has 12 heterocycles. The number of fused-ring (bicyclic) bond motifs is 2. The highest BCUT2D eigenvalue weighted by Gasteiger charge is 2.54. The number of carbonyl (C=O) groups is 2. The Hall–Kier alpha value is -8.06. The van der Waals surface area contributed by atoms with E-state index in [0.717, 1.165) is 122 Å². The number of carboxylic acids is 1. The van der Waals surface area contributed by atoms with Crippen LogP contribution in [0.1, 0.15) is 46.4 Å². The van der Waals surface area contributed by atoms with Gasteiger partial charge in [-0.15, -0.1) is 0 Å². The minimum Gasteiger partial charge on any atom is -0.481 e. The number of nitrogens with zero attached hydrogens (tertiary/aromatic N) is 13. The van der Waals surface area contributed by atoms with Gasteiger partial charge in [0, 0.05) is 111 Å². The Kier molecular flexibility index (Phi) is 14.7. The maximum Gasteiger partial charge on any atom is 0.311 e. The van der Waals surface area contributed by atoms with Crippen molar-refractivity contribution in [3.05, 3.63) is 117 Å². The summed E-state index contributed by atoms with van der Waals surface area (Å²) < 4.78 is 40.8. The molecule has 8 aromatic rings. The van der Waals surface area contributed by atoms with Crippen LogP contribution in [0.2, 0.25) is 0 Å². The van der Waals surface area contributed by atoms with Gasteiger partial charge in [0.25, 0.3) is 0 Å². The number of benzene rings is 2. The molecule has 23 heteroatoms. The van der Waals surface area contributed by atoms with Gasteiger partial charge in [0.1, 0.15) is 50.8 Å². The number of rotatable bonds is 12. The van der Waals surface area contributed by atoms with Gasteiger partial charge in [-0.05, 0) is 99.5 Å². The predicted molar refractivity (Wildman–Crippen MR) is 314 cm³/mol. The van der Waals surface area contributed by atoms with Gasteiger partial charge in [-0.3, -0.25) is 9.59 Å². The lowest BCUT2D eigenvalue weighted by atomic mass is 9.72. The zero-order valence-electron chi connectivity index (χ0n) is 46.9. The van der Waals surface area contributed by atoms with Crippen molar-refractivity contribution >= 4 is 78.6 Å². The number of pyridine rings is 2. The third-order valence-corrected chi connectivity index (χ3v) is 18.7. The van der Waals surface area contributed by atoms with E-state index in [1.54, 1.807) is 24.3 Å². The molecule has 6 aliphatic rings. The Balaban J connectivity index is 0.000000148. The minimum absolute atomic E-state index is 0.0486. The summed E-state index contributed by atoms with van der Waals surface area (Å²) in [5.74, 6) is -1.32. The molecular weight excluding hydrogens is 1100 g/mol. The van der Waals surface area contributed by atoms with E-state index in [1.807, 2.05) is 37.8 Å². The topological polar surface area (TPSA) is 209 Å². The number of thiazole rings is 2. The second-order valence-electron chi connectivity index (χ2n) is 22.6. The molecule has 6 aromatic heterocycles. The van der Waals surface area contributed by atoms with Crippen molar-refractivity contribution in [2.45, 2.75) is 40.5 Å². The van der Waals surface area contributed by atoms with E-state index >= 15 is 0 Å². The zero-order valence-corrected chi connectivity index (χ0v) is 48.6. The number of carbonyl (C=O) groups excluding carboxylic acids is 1. The lowest BCUT2D eigenvalue weighted by Gasteiger charge is -2.61. The fourth-order valence-corrected chi connectivity index (χ4v) is 13.5. The molecular formula is C60H62F2N14O5S2. The van der Waals surface area contributed by atoms with Crippen LogP contribution in [0.15, 0.2) is 72.8 Å². The second kappa shape index (κ2) is 21.9. The monoisotopic (exact) mass is 1160 g/mol. The molecule has 2 aromatic carbocycles. The van der Waals surface area contributed by atoms with Crippen molar-refractivity contribution < 1.29 is 33.0 Å². The highest BCUT2D eigenvalue weighted by atomic mass is 32.1. The van der Waals surface area contributed by atoms with Crippen molar-refractivity contribution in [2.24, 2.45) is 22.7 Å². The van der Waals surface area contributed by atoms with Crippen LogP contribution >= 0.6 is 22.7 Å². The Labute approximate surface area is 486 Å². The fourth-order valence-electron chi connectivity index (χ4n) is 11.8. The summed E-state index contributed by atoms with van der Waals surface area (Å²) in [5, 5.41) is 42.4. The number of aromatic nitrogens is 6. The number of aryl methyl sites for hydroxylation is 4. The number of amides is 1. The van der Waals surface area contributed by atoms with Crippen LogP contribution in [0.25, 0.3) is 33.5 Å². The molecule has 19 nitrogen and oxygen atoms in total. The lowest BCUT2D eigenvalue weighted by Crippen LogP contribution is -2.74. The van der Waals surface area contributed by atoms with Gasteiger partial charge in [-0.1, -0.05) is 36.5 Å². The van der Waals surface area contributed by atoms with E-state index in [4.69, 9.17) is 30.0 Å². The molecule has 14 rings (SSSR count). The summed E-state index contributed by atoms with van der Waals surface area (Å²) in [7, 11) is 3.93. The Bertz CT molecular complexity index is 3890. The van der Waals surface area contributed by atoms with E-state index in [9.17, 15) is 28.9 Å². The van der Waals surface area contributed by atoms with Crippen LogP contribution in [0.4, 0.5) is 41.8 Å². The first kappa shape index (κ1) is 55.5. The molecule has 0 atom stereocenters. The van der Waals surface area contributed by atoms with Crippen LogP contribution in [-0.4, -0.2) is 144 Å². The van der Waals surface area contributed by atoms with Crippen molar-refractivity contribution in [2.75, 3.05) is 112 Å². The smallest absolute Gasteiger partial charge is 0.311 e. The number of nitriles is 2. The third-order valence-electron chi connectivity index (χ3n) is 16.6. The van der Waals surface area contributed by atoms with Gasteiger partial charge in [-0.2, -0.15) is 20.7 Å². The first-order valence-electron chi connectivity index (χ1n) is 27.7. The highest BCUT2D eigenvalue weighted by molar-refractivity contribution is 7.17. The van der Waals surface area contributed by atoms with Gasteiger partial charge in [0.15, 0.2) is 10.3 Å². The highest BCUT2D eigenvalue weighted by Crippen LogP contribution is 2.46. The van der Waals surface area contributed by atoms with E-state index < -0.39 is 5.97 Å². The molecule has 0 unspecified atom stereocenters. The average molecular weight is 1160 g/mol. The van der Waals surface area contributed by atoms with Crippen molar-refractivity contribution in [3.8, 4) is 34.7 Å². The summed E-state index contributed by atoms with van der Waals surface area (Å²) >= 11 is 2.65. The normalized spacial score (nSPS) is 17.4. The Morgan fingerprint density at radius 1 is 0.675 bits per heavy atom. The molecule has 1 amide bonds. The molecule has 6 saturated heterocycles. The molecule has 428 valence electrons. The van der Waals surface area contributed by atoms with Crippen molar-refractivity contribution in [3.63, 3.8) is 0 Å². The molecule has 0 saturated carbocycles. The number of carboxylic acid groups (broad SMARTS) is 1. The van der Waals surface area contributed by atoms with Gasteiger partial charge in [0.2, 0.25) is 5.91 Å². The number of hydrogen-bond donors (Lipinski definition) is 2. The Morgan fingerprint density at radius 2 is 1.10 bits per heavy atom. The lowest BCUT2D eigenvalue weighted by molar-refractivity contribution is -0.163. The molecule has 6 aliphatic heterocycles. The van der Waals surface area contributed by atoms with Crippen molar-refractivity contribution in [1.82, 2.24) is 39.4 Å². The number of ether oxygens (including phenoxy) is 2. The average Bonchev–Trinajstić information content (AvgIpc) is 3.96. The van der Waals surface area contributed by atoms with Gasteiger partial charge < -0.3 is 44.4 Å². The molecule has 0 aliphatic carbocycles. The van der Waals surface area contributed by atoms with E-state index in [1.165, 1.54) is 52.6 Å². The standard InChI is InChI=1S/C30H30FN7O2S.C26H26FN7S.C4H6O3/c1-4-23-27(35(3)29-33-26(25(11-32)41-29)19-5-7-21(31)8-6-19)24-10-22(9-18(2)38(24)34-23)36-14-30(15-36)16-37(17-30)28(39)20-12-40-13-20;1-4-20-24(32(3)25-30-23(22(11-28)35-25)17-5-7-18(27)8-6-17)21-10-19(9-16(2)34(21)31-20)33-14-26(15-33)12-29-13-26;5-4(6)3-1-7-2-3/h5-10,20H,4,12-17H2,1-3H3;5-10,29H,4,12-15H2,1-3H3;3H,1-2H2,(H,5,6). The molecule has 2 spiro atoms. The van der Waals surface area contributed by atoms with Crippen molar-refractivity contribution in [1.29, 1.82) is 10.5 Å². The summed E-state index contributed by atoms with van der Waals surface area (Å²) in [4.78, 5) is 43.9. The fraction of sp³-hybridized carbons (Fsp3) is 0.400. The number of nitrogens with one attached hydrogen (secondary N) is 1. The summed E-state index contributed by atoms with van der Waals surface area (Å²) in [6.07, 6.45) is 1.51. The van der Waals surface area contributed by atoms with Crippen LogP contribution in [0, 0.1) is 70.8 Å². The van der Waals surface area contributed by atoms with E-state index in [0.29, 0.717) is 68.8 Å². The quantitative estimate of drug-likeness (QED) is 0.117. The Morgan fingerprint density at radius 3 is 1.43 bits per heavy atom. The first-order chi connectivity index (χ1) is 40.0. The van der Waals surface area contributed by atoms with Gasteiger partial charge in [-0.25, -0.2) is 27.8 Å². The number of aliphatic carboxylic acids is 1. The third kappa shape index (κ3) is 10.2. The summed E-state index contributed by atoms with van der Waals surface area (Å²) in [5.41, 5.74) is 13.5. The first-order valence-corrected chi connectivity index (χ1v) is 29.4. The van der Waals surface area contributed by atoms with Gasteiger partial charge >= 0.3 is 5.97 Å². The SMILES string of the molecule is CCc1nn2c(C)cc(N3CC4(CN(C(=O)C5COC5)C4)C3)cc2c1N(C)c1nc(-c2ccc(F)cc2)c(C#N)s1.CCc1nn2c(C)cc(N3CC4(CNC4)C3)cc2c1N(C)c1nc(-c2ccc(F)cc2)c(C#N)s1.O=C(O)C1COC1. The van der Waals surface area contributed by atoms with E-state index in [-0.39, 0.29) is 34.8 Å². The second-order valence-corrected chi connectivity index (χ2v) is 24.6. The van der Waals surface area contributed by atoms with Crippen LogP contribution < -0.4 is 24.9 Å². The van der Waals surface area contributed by atoms with Crippen LogP contribution in [0.3, 0.4) is 0 Å². The van der Waals surface area contributed by atoms with Crippen LogP contribution in [-0.2, 0) is 31.9 Å².